The van der Waals surface area contributed by atoms with E-state index in [2.05, 4.69) is 13.8 Å². The molecule has 144 valence electrons. The summed E-state index contributed by atoms with van der Waals surface area (Å²) in [6, 6.07) is 18.8. The van der Waals surface area contributed by atoms with E-state index in [-0.39, 0.29) is 15.8 Å². The SMILES string of the molecule is COc1ccccc1-n1c(=C(C#N)C#N)s/c(=C/c2ccc(C(C)C)cc2)c1=O. The van der Waals surface area contributed by atoms with Crippen molar-refractivity contribution in [1.29, 1.82) is 10.5 Å². The number of nitrogens with zero attached hydrogens (tertiary/aromatic N) is 3. The average molecular weight is 401 g/mol. The molecule has 3 rings (SSSR count). The van der Waals surface area contributed by atoms with E-state index in [1.165, 1.54) is 17.2 Å². The highest BCUT2D eigenvalue weighted by Crippen LogP contribution is 2.19. The molecule has 2 aromatic carbocycles. The van der Waals surface area contributed by atoms with Crippen molar-refractivity contribution in [1.82, 2.24) is 4.57 Å². The van der Waals surface area contributed by atoms with E-state index in [0.717, 1.165) is 16.9 Å². The van der Waals surface area contributed by atoms with Crippen LogP contribution in [0.2, 0.25) is 0 Å². The summed E-state index contributed by atoms with van der Waals surface area (Å²) in [6.07, 6.45) is 1.78. The van der Waals surface area contributed by atoms with E-state index in [1.54, 1.807) is 30.3 Å². The molecule has 29 heavy (non-hydrogen) atoms. The van der Waals surface area contributed by atoms with E-state index >= 15 is 0 Å². The fourth-order valence-corrected chi connectivity index (χ4v) is 3.98. The second kappa shape index (κ2) is 8.60. The molecule has 0 amide bonds. The second-order valence-electron chi connectivity index (χ2n) is 6.65. The zero-order valence-electron chi connectivity index (χ0n) is 16.3. The summed E-state index contributed by atoms with van der Waals surface area (Å²) >= 11 is 1.12. The summed E-state index contributed by atoms with van der Waals surface area (Å²) < 4.78 is 7.48. The molecule has 0 atom stereocenters. The van der Waals surface area contributed by atoms with Gasteiger partial charge < -0.3 is 4.74 Å². The third-order valence-corrected chi connectivity index (χ3v) is 5.58. The number of nitriles is 2. The van der Waals surface area contributed by atoms with Crippen molar-refractivity contribution >= 4 is 23.0 Å². The first kappa shape index (κ1) is 20.1. The predicted molar refractivity (Wildman–Crippen MR) is 114 cm³/mol. The van der Waals surface area contributed by atoms with Crippen molar-refractivity contribution in [2.45, 2.75) is 19.8 Å². The van der Waals surface area contributed by atoms with Gasteiger partial charge in [-0.1, -0.05) is 50.2 Å². The molecule has 0 saturated heterocycles. The van der Waals surface area contributed by atoms with E-state index in [1.807, 2.05) is 36.4 Å². The summed E-state index contributed by atoms with van der Waals surface area (Å²) in [4.78, 5) is 13.2. The lowest BCUT2D eigenvalue weighted by molar-refractivity contribution is 0.412. The number of methoxy groups -OCH3 is 1. The lowest BCUT2D eigenvalue weighted by Crippen LogP contribution is -2.31. The van der Waals surface area contributed by atoms with E-state index in [0.29, 0.717) is 21.9 Å². The lowest BCUT2D eigenvalue weighted by atomic mass is 10.0. The summed E-state index contributed by atoms with van der Waals surface area (Å²) in [5.41, 5.74) is 2.16. The van der Waals surface area contributed by atoms with Gasteiger partial charge in [-0.3, -0.25) is 9.36 Å². The van der Waals surface area contributed by atoms with E-state index < -0.39 is 0 Å². The van der Waals surface area contributed by atoms with Gasteiger partial charge in [-0.15, -0.1) is 11.3 Å². The highest BCUT2D eigenvalue weighted by Gasteiger charge is 2.14. The molecule has 1 aromatic heterocycles. The summed E-state index contributed by atoms with van der Waals surface area (Å²) in [5, 5.41) is 18.8. The monoisotopic (exact) mass is 401 g/mol. The maximum absolute atomic E-state index is 13.2. The fraction of sp³-hybridized carbons (Fsp3) is 0.174. The maximum atomic E-state index is 13.2. The van der Waals surface area contributed by atoms with Gasteiger partial charge in [-0.2, -0.15) is 10.5 Å². The van der Waals surface area contributed by atoms with Crippen LogP contribution in [0.25, 0.3) is 17.3 Å². The van der Waals surface area contributed by atoms with Crippen LogP contribution in [-0.2, 0) is 0 Å². The molecule has 0 N–H and O–H groups in total. The van der Waals surface area contributed by atoms with Crippen LogP contribution >= 0.6 is 11.3 Å². The van der Waals surface area contributed by atoms with Crippen molar-refractivity contribution in [3.8, 4) is 23.6 Å². The molecule has 0 aliphatic heterocycles. The molecule has 0 radical (unpaired) electrons. The Kier molecular flexibility index (Phi) is 5.97. The first-order valence-electron chi connectivity index (χ1n) is 9.01. The number of para-hydroxylation sites is 2. The van der Waals surface area contributed by atoms with Crippen molar-refractivity contribution in [3.05, 3.63) is 79.2 Å². The molecule has 0 saturated carbocycles. The molecule has 6 heteroatoms. The number of aromatic nitrogens is 1. The molecule has 0 aliphatic carbocycles. The average Bonchev–Trinajstić information content (AvgIpc) is 3.05. The van der Waals surface area contributed by atoms with Crippen LogP contribution in [0.1, 0.15) is 30.9 Å². The van der Waals surface area contributed by atoms with Gasteiger partial charge in [0.25, 0.3) is 5.56 Å². The molecule has 0 fully saturated rings. The Labute approximate surface area is 172 Å². The lowest BCUT2D eigenvalue weighted by Gasteiger charge is -2.08. The van der Waals surface area contributed by atoms with E-state index in [9.17, 15) is 15.3 Å². The number of thiazole rings is 1. The van der Waals surface area contributed by atoms with Crippen molar-refractivity contribution < 1.29 is 4.74 Å². The molecule has 3 aromatic rings. The summed E-state index contributed by atoms with van der Waals surface area (Å²) in [6.45, 7) is 4.24. The van der Waals surface area contributed by atoms with Crippen molar-refractivity contribution in [3.63, 3.8) is 0 Å². The normalized spacial score (nSPS) is 11.2. The Balaban J connectivity index is 2.33. The highest BCUT2D eigenvalue weighted by atomic mass is 32.1. The van der Waals surface area contributed by atoms with Gasteiger partial charge in [-0.05, 0) is 35.3 Å². The second-order valence-corrected chi connectivity index (χ2v) is 7.68. The molecule has 1 heterocycles. The molecular formula is C23H19N3O2S. The molecule has 0 aliphatic rings. The Morgan fingerprint density at radius 1 is 1.10 bits per heavy atom. The standard InChI is InChI=1S/C23H19N3O2S/c1-15(2)17-10-8-16(9-11-17)12-21-22(27)26(23(29-21)18(13-24)14-25)19-6-4-5-7-20(19)28-3/h4-12,15H,1-3H3/b21-12+. The van der Waals surface area contributed by atoms with Crippen LogP contribution in [-0.4, -0.2) is 11.7 Å². The summed E-state index contributed by atoms with van der Waals surface area (Å²) in [5.74, 6) is 0.903. The van der Waals surface area contributed by atoms with Crippen LogP contribution in [0.3, 0.4) is 0 Å². The Hall–Kier alpha value is -3.61. The van der Waals surface area contributed by atoms with Gasteiger partial charge in [0.2, 0.25) is 0 Å². The number of hydrogen-bond donors (Lipinski definition) is 0. The first-order valence-corrected chi connectivity index (χ1v) is 9.83. The fourth-order valence-electron chi connectivity index (χ4n) is 2.93. The van der Waals surface area contributed by atoms with Crippen LogP contribution in [0.4, 0.5) is 0 Å². The molecule has 0 unspecified atom stereocenters. The van der Waals surface area contributed by atoms with Crippen LogP contribution < -0.4 is 19.5 Å². The zero-order valence-corrected chi connectivity index (χ0v) is 17.2. The number of ether oxygens (including phenoxy) is 1. The van der Waals surface area contributed by atoms with Crippen molar-refractivity contribution in [2.75, 3.05) is 7.11 Å². The minimum atomic E-state index is -0.301. The topological polar surface area (TPSA) is 78.8 Å². The van der Waals surface area contributed by atoms with Crippen molar-refractivity contribution in [2.24, 2.45) is 0 Å². The molecule has 0 bridgehead atoms. The zero-order chi connectivity index (χ0) is 21.0. The third kappa shape index (κ3) is 3.99. The Morgan fingerprint density at radius 3 is 2.34 bits per heavy atom. The van der Waals surface area contributed by atoms with Gasteiger partial charge in [-0.25, -0.2) is 0 Å². The smallest absolute Gasteiger partial charge is 0.273 e. The largest absolute Gasteiger partial charge is 0.495 e. The van der Waals surface area contributed by atoms with Gasteiger partial charge >= 0.3 is 0 Å². The van der Waals surface area contributed by atoms with E-state index in [4.69, 9.17) is 4.74 Å². The van der Waals surface area contributed by atoms with Gasteiger partial charge in [0, 0.05) is 0 Å². The first-order chi connectivity index (χ1) is 14.0. The molecule has 5 nitrogen and oxygen atoms in total. The number of rotatable bonds is 4. The third-order valence-electron chi connectivity index (χ3n) is 4.49. The van der Waals surface area contributed by atoms with Crippen LogP contribution in [0.5, 0.6) is 5.75 Å². The minimum Gasteiger partial charge on any atom is -0.495 e. The predicted octanol–water partition coefficient (Wildman–Crippen LogP) is 3.06. The van der Waals surface area contributed by atoms with Gasteiger partial charge in [0.15, 0.2) is 5.57 Å². The maximum Gasteiger partial charge on any atom is 0.273 e. The van der Waals surface area contributed by atoms with Gasteiger partial charge in [0.05, 0.1) is 17.3 Å². The number of hydrogen-bond acceptors (Lipinski definition) is 5. The quantitative estimate of drug-likeness (QED) is 0.673. The summed E-state index contributed by atoms with van der Waals surface area (Å²) in [7, 11) is 1.51. The Morgan fingerprint density at radius 2 is 1.76 bits per heavy atom. The van der Waals surface area contributed by atoms with Crippen LogP contribution in [0, 0.1) is 22.7 Å². The van der Waals surface area contributed by atoms with Gasteiger partial charge in [0.1, 0.15) is 22.6 Å². The molecule has 0 spiro atoms. The Bertz CT molecular complexity index is 1280. The number of benzene rings is 2. The highest BCUT2D eigenvalue weighted by molar-refractivity contribution is 7.07. The van der Waals surface area contributed by atoms with Crippen LogP contribution in [0.15, 0.2) is 53.3 Å². The minimum absolute atomic E-state index is 0.118. The molecular weight excluding hydrogens is 382 g/mol.